The lowest BCUT2D eigenvalue weighted by Crippen LogP contribution is -2.07. The van der Waals surface area contributed by atoms with Crippen molar-refractivity contribution < 1.29 is 0 Å². The molecule has 2 aromatic rings. The lowest BCUT2D eigenvalue weighted by molar-refractivity contribution is 0.546. The van der Waals surface area contributed by atoms with E-state index < -0.39 is 0 Å². The molecule has 1 aromatic heterocycles. The summed E-state index contributed by atoms with van der Waals surface area (Å²) >= 11 is 0. The lowest BCUT2D eigenvalue weighted by atomic mass is 10.1. The van der Waals surface area contributed by atoms with Crippen molar-refractivity contribution in [3.8, 4) is 0 Å². The quantitative estimate of drug-likeness (QED) is 0.850. The Morgan fingerprint density at radius 3 is 2.21 bits per heavy atom. The van der Waals surface area contributed by atoms with Gasteiger partial charge in [-0.3, -0.25) is 14.6 Å². The molecule has 19 heavy (non-hydrogen) atoms. The van der Waals surface area contributed by atoms with Crippen molar-refractivity contribution in [3.05, 3.63) is 34.1 Å². The predicted molar refractivity (Wildman–Crippen MR) is 85.0 cm³/mol. The average Bonchev–Trinajstić information content (AvgIpc) is 2.80. The molecule has 0 bridgehead atoms. The number of hydrogen-bond donors (Lipinski definition) is 1. The zero-order chi connectivity index (χ0) is 15.0. The Bertz CT molecular complexity index is 535. The highest BCUT2D eigenvalue weighted by Gasteiger charge is 2.08. The number of aromatic nitrogens is 2. The summed E-state index contributed by atoms with van der Waals surface area (Å²) in [4.78, 5) is 11.6. The Morgan fingerprint density at radius 2 is 1.74 bits per heavy atom. The van der Waals surface area contributed by atoms with Crippen LogP contribution in [0.25, 0.3) is 10.9 Å². The monoisotopic (exact) mass is 264 g/mol. The third kappa shape index (κ3) is 3.98. The molecule has 0 atom stereocenters. The zero-order valence-electron chi connectivity index (χ0n) is 13.4. The summed E-state index contributed by atoms with van der Waals surface area (Å²) in [7, 11) is 0. The minimum absolute atomic E-state index is 0.00125. The topological polar surface area (TPSA) is 37.8 Å². The van der Waals surface area contributed by atoms with Crippen molar-refractivity contribution in [3.63, 3.8) is 0 Å². The molecule has 0 saturated carbocycles. The van der Waals surface area contributed by atoms with Gasteiger partial charge in [-0.15, -0.1) is 0 Å². The SMILES string of the molecule is CC.CC.CCc1ccc2c(=O)[nH]n(C(C)C)c2c1. The van der Waals surface area contributed by atoms with E-state index in [9.17, 15) is 4.79 Å². The molecular formula is C16H28N2O. The second-order valence-electron chi connectivity index (χ2n) is 4.11. The third-order valence-corrected chi connectivity index (χ3v) is 2.71. The maximum Gasteiger partial charge on any atom is 0.271 e. The van der Waals surface area contributed by atoms with E-state index in [4.69, 9.17) is 0 Å². The van der Waals surface area contributed by atoms with Gasteiger partial charge in [0.25, 0.3) is 5.56 Å². The molecule has 0 saturated heterocycles. The van der Waals surface area contributed by atoms with Crippen LogP contribution in [0.15, 0.2) is 23.0 Å². The van der Waals surface area contributed by atoms with Crippen LogP contribution in [-0.4, -0.2) is 9.78 Å². The third-order valence-electron chi connectivity index (χ3n) is 2.71. The van der Waals surface area contributed by atoms with Gasteiger partial charge in [0.1, 0.15) is 0 Å². The number of benzene rings is 1. The van der Waals surface area contributed by atoms with E-state index >= 15 is 0 Å². The standard InChI is InChI=1S/C12H16N2O.2C2H6/c1-4-9-5-6-10-11(7-9)14(8(2)3)13-12(10)15;2*1-2/h5-8H,4H2,1-3H3,(H,13,15);2*1-2H3. The number of nitrogens with one attached hydrogen (secondary N) is 1. The predicted octanol–water partition coefficient (Wildman–Crippen LogP) is 4.53. The van der Waals surface area contributed by atoms with Crippen LogP contribution in [0.2, 0.25) is 0 Å². The molecule has 0 spiro atoms. The summed E-state index contributed by atoms with van der Waals surface area (Å²) in [5.41, 5.74) is 2.27. The van der Waals surface area contributed by atoms with Crippen molar-refractivity contribution in [2.45, 2.75) is 60.9 Å². The minimum Gasteiger partial charge on any atom is -0.282 e. The molecule has 0 fully saturated rings. The molecule has 0 aliphatic heterocycles. The molecule has 3 nitrogen and oxygen atoms in total. The van der Waals surface area contributed by atoms with Gasteiger partial charge in [0.05, 0.1) is 10.9 Å². The normalized spacial score (nSPS) is 9.68. The molecule has 1 aromatic carbocycles. The number of H-pyrrole nitrogens is 1. The highest BCUT2D eigenvalue weighted by Crippen LogP contribution is 2.16. The van der Waals surface area contributed by atoms with E-state index in [1.807, 2.05) is 44.5 Å². The molecule has 0 radical (unpaired) electrons. The molecule has 0 unspecified atom stereocenters. The maximum atomic E-state index is 11.6. The summed E-state index contributed by atoms with van der Waals surface area (Å²) < 4.78 is 1.93. The minimum atomic E-state index is 0.00125. The first-order valence-electron chi connectivity index (χ1n) is 7.36. The van der Waals surface area contributed by atoms with Crippen LogP contribution in [-0.2, 0) is 6.42 Å². The first-order valence-corrected chi connectivity index (χ1v) is 7.36. The second-order valence-corrected chi connectivity index (χ2v) is 4.11. The van der Waals surface area contributed by atoms with Gasteiger partial charge in [0.2, 0.25) is 0 Å². The van der Waals surface area contributed by atoms with Crippen molar-refractivity contribution in [2.75, 3.05) is 0 Å². The van der Waals surface area contributed by atoms with Gasteiger partial charge >= 0.3 is 0 Å². The molecule has 3 heteroatoms. The summed E-state index contributed by atoms with van der Waals surface area (Å²) in [6.07, 6.45) is 0.993. The molecule has 0 aliphatic rings. The van der Waals surface area contributed by atoms with E-state index in [2.05, 4.69) is 31.9 Å². The first-order chi connectivity index (χ1) is 9.13. The van der Waals surface area contributed by atoms with Crippen molar-refractivity contribution in [1.29, 1.82) is 0 Å². The van der Waals surface area contributed by atoms with E-state index in [1.165, 1.54) is 5.56 Å². The maximum absolute atomic E-state index is 11.6. The van der Waals surface area contributed by atoms with E-state index in [1.54, 1.807) is 0 Å². The number of rotatable bonds is 2. The number of aromatic amines is 1. The highest BCUT2D eigenvalue weighted by atomic mass is 16.1. The molecule has 0 amide bonds. The van der Waals surface area contributed by atoms with Crippen molar-refractivity contribution in [2.24, 2.45) is 0 Å². The number of nitrogens with zero attached hydrogens (tertiary/aromatic N) is 1. The van der Waals surface area contributed by atoms with Crippen molar-refractivity contribution in [1.82, 2.24) is 9.78 Å². The zero-order valence-corrected chi connectivity index (χ0v) is 13.4. The molecule has 108 valence electrons. The lowest BCUT2D eigenvalue weighted by Gasteiger charge is -2.08. The average molecular weight is 264 g/mol. The van der Waals surface area contributed by atoms with Gasteiger partial charge in [0.15, 0.2) is 0 Å². The molecular weight excluding hydrogens is 236 g/mol. The van der Waals surface area contributed by atoms with Gasteiger partial charge in [-0.2, -0.15) is 0 Å². The van der Waals surface area contributed by atoms with Crippen LogP contribution in [0.4, 0.5) is 0 Å². The highest BCUT2D eigenvalue weighted by molar-refractivity contribution is 5.79. The van der Waals surface area contributed by atoms with Gasteiger partial charge < -0.3 is 0 Å². The largest absolute Gasteiger partial charge is 0.282 e. The number of aryl methyl sites for hydroxylation is 1. The summed E-state index contributed by atoms with van der Waals surface area (Å²) in [6, 6.07) is 6.30. The van der Waals surface area contributed by atoms with Gasteiger partial charge in [0, 0.05) is 6.04 Å². The van der Waals surface area contributed by atoms with Crippen LogP contribution in [0.1, 0.15) is 60.1 Å². The molecule has 1 heterocycles. The smallest absolute Gasteiger partial charge is 0.271 e. The van der Waals surface area contributed by atoms with Crippen LogP contribution < -0.4 is 5.56 Å². The Morgan fingerprint density at radius 1 is 1.16 bits per heavy atom. The van der Waals surface area contributed by atoms with Gasteiger partial charge in [-0.05, 0) is 38.0 Å². The fourth-order valence-electron chi connectivity index (χ4n) is 1.83. The van der Waals surface area contributed by atoms with Crippen LogP contribution in [0.5, 0.6) is 0 Å². The van der Waals surface area contributed by atoms with Crippen LogP contribution in [0, 0.1) is 0 Å². The summed E-state index contributed by atoms with van der Waals surface area (Å²) in [5.74, 6) is 0. The van der Waals surface area contributed by atoms with Crippen LogP contribution in [0.3, 0.4) is 0 Å². The second kappa shape index (κ2) is 8.57. The number of hydrogen-bond acceptors (Lipinski definition) is 1. The summed E-state index contributed by atoms with van der Waals surface area (Å²) in [6.45, 7) is 14.2. The Balaban J connectivity index is 0.000000741. The molecule has 1 N–H and O–H groups in total. The Labute approximate surface area is 116 Å². The van der Waals surface area contributed by atoms with Crippen LogP contribution >= 0.6 is 0 Å². The summed E-state index contributed by atoms with van der Waals surface area (Å²) in [5, 5.41) is 3.64. The molecule has 2 rings (SSSR count). The molecule has 0 aliphatic carbocycles. The van der Waals surface area contributed by atoms with E-state index in [0.717, 1.165) is 17.3 Å². The van der Waals surface area contributed by atoms with Gasteiger partial charge in [-0.25, -0.2) is 0 Å². The number of fused-ring (bicyclic) bond motifs is 1. The van der Waals surface area contributed by atoms with Crippen molar-refractivity contribution >= 4 is 10.9 Å². The Hall–Kier alpha value is -1.51. The fourth-order valence-corrected chi connectivity index (χ4v) is 1.83. The Kier molecular flexibility index (Phi) is 7.89. The van der Waals surface area contributed by atoms with E-state index in [0.29, 0.717) is 0 Å². The van der Waals surface area contributed by atoms with E-state index in [-0.39, 0.29) is 11.6 Å². The van der Waals surface area contributed by atoms with Gasteiger partial charge in [-0.1, -0.05) is 40.7 Å². The first kappa shape index (κ1) is 17.5. The fraction of sp³-hybridized carbons (Fsp3) is 0.562.